The van der Waals surface area contributed by atoms with Crippen LogP contribution < -0.4 is 15.4 Å². The van der Waals surface area contributed by atoms with E-state index in [4.69, 9.17) is 4.74 Å². The van der Waals surface area contributed by atoms with E-state index in [1.165, 1.54) is 6.42 Å². The van der Waals surface area contributed by atoms with Crippen LogP contribution in [-0.2, 0) is 6.42 Å². The molecule has 6 rings (SSSR count). The van der Waals surface area contributed by atoms with Crippen LogP contribution in [0.15, 0.2) is 83.5 Å². The van der Waals surface area contributed by atoms with Crippen molar-refractivity contribution in [1.29, 1.82) is 0 Å². The molecule has 1 aromatic heterocycles. The van der Waals surface area contributed by atoms with Crippen LogP contribution >= 0.6 is 15.9 Å². The summed E-state index contributed by atoms with van der Waals surface area (Å²) >= 11 is 3.62. The molecular weight excluding hydrogens is 554 g/mol. The van der Waals surface area contributed by atoms with Gasteiger partial charge in [0.1, 0.15) is 17.5 Å². The summed E-state index contributed by atoms with van der Waals surface area (Å²) in [6, 6.07) is 23.1. The third-order valence-corrected chi connectivity index (χ3v) is 8.69. The summed E-state index contributed by atoms with van der Waals surface area (Å²) in [6.45, 7) is 0.680. The number of benzene rings is 3. The van der Waals surface area contributed by atoms with Crippen LogP contribution in [0.25, 0.3) is 10.9 Å². The zero-order valence-electron chi connectivity index (χ0n) is 21.7. The van der Waals surface area contributed by atoms with Crippen LogP contribution in [-0.4, -0.2) is 34.2 Å². The molecule has 2 aliphatic rings. The van der Waals surface area contributed by atoms with Gasteiger partial charge in [-0.3, -0.25) is 9.78 Å². The number of pyridine rings is 1. The standard InChI is InChI=1S/C32H32BrN3O3/c33-25-18-21(11-12-26(25)36-31(38)22-8-3-1-4-9-22)13-17-35-29-24-20-27-23(10-7-16-34-27)19-28(24)39-32(30(29)37)14-5-2-6-15-32/h1,3-4,7-12,16,18-20,29-30,35,37H,2,5-6,13-15,17H2,(H,36,38). The maximum atomic E-state index is 12.6. The fraction of sp³-hybridized carbons (Fsp3) is 0.312. The number of rotatable bonds is 6. The van der Waals surface area contributed by atoms with Gasteiger partial charge in [0.25, 0.3) is 5.91 Å². The first-order valence-corrected chi connectivity index (χ1v) is 14.5. The summed E-state index contributed by atoms with van der Waals surface area (Å²) in [5.74, 6) is 0.706. The van der Waals surface area contributed by atoms with Crippen molar-refractivity contribution >= 4 is 38.4 Å². The second-order valence-corrected chi connectivity index (χ2v) is 11.4. The molecule has 200 valence electrons. The second kappa shape index (κ2) is 11.1. The first kappa shape index (κ1) is 26.0. The Labute approximate surface area is 236 Å². The van der Waals surface area contributed by atoms with E-state index in [1.54, 1.807) is 18.3 Å². The van der Waals surface area contributed by atoms with Crippen molar-refractivity contribution in [3.8, 4) is 5.75 Å². The van der Waals surface area contributed by atoms with Gasteiger partial charge in [-0.05, 0) is 103 Å². The Hall–Kier alpha value is -3.26. The van der Waals surface area contributed by atoms with Crippen molar-refractivity contribution < 1.29 is 14.6 Å². The number of anilines is 1. The monoisotopic (exact) mass is 585 g/mol. The van der Waals surface area contributed by atoms with Crippen molar-refractivity contribution in [2.75, 3.05) is 11.9 Å². The Morgan fingerprint density at radius 1 is 1.03 bits per heavy atom. The summed E-state index contributed by atoms with van der Waals surface area (Å²) in [5, 5.41) is 19.3. The maximum Gasteiger partial charge on any atom is 0.255 e. The molecule has 2 heterocycles. The fourth-order valence-electron chi connectivity index (χ4n) is 5.94. The molecule has 39 heavy (non-hydrogen) atoms. The van der Waals surface area contributed by atoms with Crippen molar-refractivity contribution in [3.63, 3.8) is 0 Å². The van der Waals surface area contributed by atoms with Gasteiger partial charge in [0.05, 0.1) is 17.2 Å². The largest absolute Gasteiger partial charge is 0.484 e. The van der Waals surface area contributed by atoms with Gasteiger partial charge in [-0.25, -0.2) is 0 Å². The maximum absolute atomic E-state index is 12.6. The van der Waals surface area contributed by atoms with E-state index in [9.17, 15) is 9.90 Å². The average Bonchev–Trinajstić information content (AvgIpc) is 2.96. The summed E-state index contributed by atoms with van der Waals surface area (Å²) in [6.07, 6.45) is 6.95. The molecule has 3 N–H and O–H groups in total. The Balaban J connectivity index is 1.18. The molecule has 2 unspecified atom stereocenters. The number of nitrogens with one attached hydrogen (secondary N) is 2. The van der Waals surface area contributed by atoms with E-state index in [0.717, 1.165) is 70.0 Å². The van der Waals surface area contributed by atoms with E-state index >= 15 is 0 Å². The number of aromatic nitrogens is 1. The molecule has 1 aliphatic carbocycles. The molecule has 0 saturated heterocycles. The number of nitrogens with zero attached hydrogens (tertiary/aromatic N) is 1. The minimum absolute atomic E-state index is 0.142. The minimum atomic E-state index is -0.645. The summed E-state index contributed by atoms with van der Waals surface area (Å²) in [4.78, 5) is 17.1. The smallest absolute Gasteiger partial charge is 0.255 e. The lowest BCUT2D eigenvalue weighted by molar-refractivity contribution is -0.107. The van der Waals surface area contributed by atoms with Gasteiger partial charge in [-0.1, -0.05) is 36.8 Å². The predicted molar refractivity (Wildman–Crippen MR) is 157 cm³/mol. The van der Waals surface area contributed by atoms with Gasteiger partial charge in [0, 0.05) is 27.2 Å². The van der Waals surface area contributed by atoms with E-state index in [0.29, 0.717) is 12.1 Å². The Bertz CT molecular complexity index is 1490. The highest BCUT2D eigenvalue weighted by Crippen LogP contribution is 2.47. The molecule has 3 aromatic carbocycles. The zero-order chi connectivity index (χ0) is 26.8. The van der Waals surface area contributed by atoms with Crippen LogP contribution in [0.1, 0.15) is 59.6 Å². The molecule has 1 fully saturated rings. The highest BCUT2D eigenvalue weighted by molar-refractivity contribution is 9.10. The highest BCUT2D eigenvalue weighted by atomic mass is 79.9. The van der Waals surface area contributed by atoms with Crippen molar-refractivity contribution in [2.24, 2.45) is 0 Å². The number of carbonyl (C=O) groups is 1. The van der Waals surface area contributed by atoms with Gasteiger partial charge in [-0.15, -0.1) is 0 Å². The molecule has 1 spiro atoms. The SMILES string of the molecule is O=C(Nc1ccc(CCNC2c3cc4ncccc4cc3OC3(CCCCC3)C2O)cc1Br)c1ccccc1. The number of halogens is 1. The predicted octanol–water partition coefficient (Wildman–Crippen LogP) is 6.58. The molecule has 1 aliphatic heterocycles. The van der Waals surface area contributed by atoms with Gasteiger partial charge in [-0.2, -0.15) is 0 Å². The average molecular weight is 587 g/mol. The number of fused-ring (bicyclic) bond motifs is 2. The van der Waals surface area contributed by atoms with Crippen LogP contribution in [0.2, 0.25) is 0 Å². The molecule has 0 bridgehead atoms. The van der Waals surface area contributed by atoms with Crippen LogP contribution in [0.3, 0.4) is 0 Å². The normalized spacial score (nSPS) is 19.8. The molecule has 2 atom stereocenters. The first-order chi connectivity index (χ1) is 19.0. The van der Waals surface area contributed by atoms with Crippen molar-refractivity contribution in [1.82, 2.24) is 10.3 Å². The molecule has 0 radical (unpaired) electrons. The van der Waals surface area contributed by atoms with E-state index < -0.39 is 11.7 Å². The Morgan fingerprint density at radius 2 is 1.85 bits per heavy atom. The summed E-state index contributed by atoms with van der Waals surface area (Å²) in [7, 11) is 0. The van der Waals surface area contributed by atoms with E-state index in [2.05, 4.69) is 49.7 Å². The van der Waals surface area contributed by atoms with Crippen molar-refractivity contribution in [3.05, 3.63) is 100 Å². The Kier molecular flexibility index (Phi) is 7.38. The molecular formula is C32H32BrN3O3. The van der Waals surface area contributed by atoms with E-state index in [1.807, 2.05) is 42.5 Å². The third-order valence-electron chi connectivity index (χ3n) is 8.03. The van der Waals surface area contributed by atoms with E-state index in [-0.39, 0.29) is 11.9 Å². The number of hydrogen-bond donors (Lipinski definition) is 3. The lowest BCUT2D eigenvalue weighted by Crippen LogP contribution is -2.57. The van der Waals surface area contributed by atoms with Crippen LogP contribution in [0, 0.1) is 0 Å². The molecule has 7 heteroatoms. The highest BCUT2D eigenvalue weighted by Gasteiger charge is 2.49. The van der Waals surface area contributed by atoms with Crippen LogP contribution in [0.5, 0.6) is 5.75 Å². The molecule has 1 amide bonds. The van der Waals surface area contributed by atoms with Gasteiger partial charge in [0.15, 0.2) is 0 Å². The first-order valence-electron chi connectivity index (χ1n) is 13.7. The second-order valence-electron chi connectivity index (χ2n) is 10.6. The number of aliphatic hydroxyl groups is 1. The molecule has 1 saturated carbocycles. The lowest BCUT2D eigenvalue weighted by atomic mass is 9.74. The third kappa shape index (κ3) is 5.31. The lowest BCUT2D eigenvalue weighted by Gasteiger charge is -2.48. The summed E-state index contributed by atoms with van der Waals surface area (Å²) in [5.41, 5.74) is 3.78. The molecule has 6 nitrogen and oxygen atoms in total. The Morgan fingerprint density at radius 3 is 2.64 bits per heavy atom. The number of amides is 1. The number of ether oxygens (including phenoxy) is 1. The fourth-order valence-corrected chi connectivity index (χ4v) is 6.47. The topological polar surface area (TPSA) is 83.5 Å². The minimum Gasteiger partial charge on any atom is -0.484 e. The van der Waals surface area contributed by atoms with Crippen molar-refractivity contribution in [2.45, 2.75) is 56.3 Å². The van der Waals surface area contributed by atoms with Crippen LogP contribution in [0.4, 0.5) is 5.69 Å². The van der Waals surface area contributed by atoms with Gasteiger partial charge >= 0.3 is 0 Å². The number of hydrogen-bond acceptors (Lipinski definition) is 5. The number of carbonyl (C=O) groups excluding carboxylic acids is 1. The summed E-state index contributed by atoms with van der Waals surface area (Å²) < 4.78 is 7.44. The zero-order valence-corrected chi connectivity index (χ0v) is 23.3. The van der Waals surface area contributed by atoms with Gasteiger partial charge < -0.3 is 20.5 Å². The number of aliphatic hydroxyl groups excluding tert-OH is 1. The molecule has 4 aromatic rings. The van der Waals surface area contributed by atoms with Gasteiger partial charge in [0.2, 0.25) is 0 Å². The quantitative estimate of drug-likeness (QED) is 0.238.